The lowest BCUT2D eigenvalue weighted by Gasteiger charge is -2.38. The number of hydrogen-bond donors (Lipinski definition) is 0. The molecule has 1 aliphatic rings. The van der Waals surface area contributed by atoms with Gasteiger partial charge < -0.3 is 14.2 Å². The molecule has 3 heteroatoms. The molecule has 0 aromatic rings. The van der Waals surface area contributed by atoms with Gasteiger partial charge in [0.15, 0.2) is 6.29 Å². The van der Waals surface area contributed by atoms with Crippen molar-refractivity contribution in [3.05, 3.63) is 0 Å². The quantitative estimate of drug-likeness (QED) is 0.676. The summed E-state index contributed by atoms with van der Waals surface area (Å²) in [5.74, 6) is 0.508. The van der Waals surface area contributed by atoms with Crippen LogP contribution in [-0.2, 0) is 14.2 Å². The monoisotopic (exact) mass is 188 g/mol. The van der Waals surface area contributed by atoms with Gasteiger partial charge in [-0.05, 0) is 12.3 Å². The van der Waals surface area contributed by atoms with E-state index in [0.717, 1.165) is 12.8 Å². The lowest BCUT2D eigenvalue weighted by atomic mass is 9.92. The SMILES string of the molecule is CCC1O[C@H](OC)C[C@@H](C)[C@@H]1OC. The molecule has 0 radical (unpaired) electrons. The fraction of sp³-hybridized carbons (Fsp3) is 1.00. The van der Waals surface area contributed by atoms with Crippen molar-refractivity contribution in [1.29, 1.82) is 0 Å². The molecule has 78 valence electrons. The third-order valence-electron chi connectivity index (χ3n) is 2.76. The Kier molecular flexibility index (Phi) is 4.16. The van der Waals surface area contributed by atoms with Crippen LogP contribution in [0, 0.1) is 5.92 Å². The van der Waals surface area contributed by atoms with Gasteiger partial charge in [-0.25, -0.2) is 0 Å². The van der Waals surface area contributed by atoms with Crippen molar-refractivity contribution in [2.45, 2.75) is 45.2 Å². The van der Waals surface area contributed by atoms with Crippen molar-refractivity contribution in [3.8, 4) is 0 Å². The molecule has 1 heterocycles. The lowest BCUT2D eigenvalue weighted by Crippen LogP contribution is -2.45. The first-order valence-corrected chi connectivity index (χ1v) is 4.94. The Morgan fingerprint density at radius 1 is 1.31 bits per heavy atom. The summed E-state index contributed by atoms with van der Waals surface area (Å²) >= 11 is 0. The Balaban J connectivity index is 2.57. The van der Waals surface area contributed by atoms with Gasteiger partial charge in [0.05, 0.1) is 12.2 Å². The average molecular weight is 188 g/mol. The van der Waals surface area contributed by atoms with Crippen LogP contribution in [0.25, 0.3) is 0 Å². The molecule has 0 N–H and O–H groups in total. The molecule has 0 aliphatic carbocycles. The summed E-state index contributed by atoms with van der Waals surface area (Å²) in [5.41, 5.74) is 0. The van der Waals surface area contributed by atoms with Gasteiger partial charge in [0.1, 0.15) is 0 Å². The van der Waals surface area contributed by atoms with E-state index in [4.69, 9.17) is 14.2 Å². The molecule has 3 nitrogen and oxygen atoms in total. The number of hydrogen-bond acceptors (Lipinski definition) is 3. The van der Waals surface area contributed by atoms with E-state index in [1.807, 2.05) is 0 Å². The maximum absolute atomic E-state index is 5.71. The molecule has 1 aliphatic heterocycles. The van der Waals surface area contributed by atoms with Gasteiger partial charge in [-0.1, -0.05) is 13.8 Å². The van der Waals surface area contributed by atoms with E-state index in [0.29, 0.717) is 5.92 Å². The smallest absolute Gasteiger partial charge is 0.158 e. The molecule has 0 saturated carbocycles. The minimum atomic E-state index is -0.0497. The van der Waals surface area contributed by atoms with Crippen molar-refractivity contribution < 1.29 is 14.2 Å². The molecule has 0 bridgehead atoms. The summed E-state index contributed by atoms with van der Waals surface area (Å²) in [6.45, 7) is 4.30. The third kappa shape index (κ3) is 2.42. The average Bonchev–Trinajstić information content (AvgIpc) is 2.16. The molecule has 1 unspecified atom stereocenters. The highest BCUT2D eigenvalue weighted by molar-refractivity contribution is 4.80. The highest BCUT2D eigenvalue weighted by atomic mass is 16.7. The molecule has 0 amide bonds. The van der Waals surface area contributed by atoms with Crippen LogP contribution in [0.2, 0.25) is 0 Å². The number of ether oxygens (including phenoxy) is 3. The fourth-order valence-electron chi connectivity index (χ4n) is 2.00. The summed E-state index contributed by atoms with van der Waals surface area (Å²) in [4.78, 5) is 0. The van der Waals surface area contributed by atoms with Gasteiger partial charge in [0.2, 0.25) is 0 Å². The van der Waals surface area contributed by atoms with Crippen LogP contribution in [0.5, 0.6) is 0 Å². The molecule has 1 saturated heterocycles. The first kappa shape index (κ1) is 11.0. The maximum Gasteiger partial charge on any atom is 0.158 e. The highest BCUT2D eigenvalue weighted by Gasteiger charge is 2.35. The van der Waals surface area contributed by atoms with E-state index in [9.17, 15) is 0 Å². The van der Waals surface area contributed by atoms with E-state index >= 15 is 0 Å². The molecule has 0 aromatic carbocycles. The Bertz CT molecular complexity index is 149. The summed E-state index contributed by atoms with van der Waals surface area (Å²) in [6.07, 6.45) is 2.25. The van der Waals surface area contributed by atoms with E-state index in [2.05, 4.69) is 13.8 Å². The fourth-order valence-corrected chi connectivity index (χ4v) is 2.00. The van der Waals surface area contributed by atoms with E-state index in [1.54, 1.807) is 14.2 Å². The molecular weight excluding hydrogens is 168 g/mol. The van der Waals surface area contributed by atoms with Crippen LogP contribution in [0.15, 0.2) is 0 Å². The van der Waals surface area contributed by atoms with E-state index < -0.39 is 0 Å². The topological polar surface area (TPSA) is 27.7 Å². The zero-order valence-corrected chi connectivity index (χ0v) is 8.95. The van der Waals surface area contributed by atoms with Crippen molar-refractivity contribution >= 4 is 0 Å². The predicted molar refractivity (Wildman–Crippen MR) is 50.5 cm³/mol. The molecule has 0 aromatic heterocycles. The molecule has 1 fully saturated rings. The molecule has 13 heavy (non-hydrogen) atoms. The molecular formula is C10H20O3. The predicted octanol–water partition coefficient (Wildman–Crippen LogP) is 1.81. The van der Waals surface area contributed by atoms with Crippen LogP contribution < -0.4 is 0 Å². The van der Waals surface area contributed by atoms with Crippen molar-refractivity contribution in [2.75, 3.05) is 14.2 Å². The van der Waals surface area contributed by atoms with Crippen molar-refractivity contribution in [2.24, 2.45) is 5.92 Å². The summed E-state index contributed by atoms with van der Waals surface area (Å²) in [7, 11) is 3.44. The largest absolute Gasteiger partial charge is 0.378 e. The van der Waals surface area contributed by atoms with E-state index in [1.165, 1.54) is 0 Å². The zero-order valence-electron chi connectivity index (χ0n) is 8.95. The third-order valence-corrected chi connectivity index (χ3v) is 2.76. The Hall–Kier alpha value is -0.120. The highest BCUT2D eigenvalue weighted by Crippen LogP contribution is 2.28. The van der Waals surface area contributed by atoms with Crippen LogP contribution in [0.4, 0.5) is 0 Å². The number of methoxy groups -OCH3 is 2. The standard InChI is InChI=1S/C10H20O3/c1-5-8-10(12-4)7(2)6-9(11-3)13-8/h7-10H,5-6H2,1-4H3/t7-,8?,9+,10+/m1/s1. The van der Waals surface area contributed by atoms with Crippen LogP contribution in [0.1, 0.15) is 26.7 Å². The van der Waals surface area contributed by atoms with Gasteiger partial charge in [-0.15, -0.1) is 0 Å². The zero-order chi connectivity index (χ0) is 9.84. The summed E-state index contributed by atoms with van der Waals surface area (Å²) in [6, 6.07) is 0. The summed E-state index contributed by atoms with van der Waals surface area (Å²) < 4.78 is 16.3. The van der Waals surface area contributed by atoms with Crippen LogP contribution in [-0.4, -0.2) is 32.7 Å². The maximum atomic E-state index is 5.71. The minimum Gasteiger partial charge on any atom is -0.378 e. The normalized spacial score (nSPS) is 40.6. The summed E-state index contributed by atoms with van der Waals surface area (Å²) in [5, 5.41) is 0. The van der Waals surface area contributed by atoms with Gasteiger partial charge in [0, 0.05) is 20.6 Å². The molecule has 1 rings (SSSR count). The van der Waals surface area contributed by atoms with Gasteiger partial charge in [0.25, 0.3) is 0 Å². The van der Waals surface area contributed by atoms with Crippen LogP contribution in [0.3, 0.4) is 0 Å². The van der Waals surface area contributed by atoms with Crippen LogP contribution >= 0.6 is 0 Å². The van der Waals surface area contributed by atoms with Gasteiger partial charge in [-0.3, -0.25) is 0 Å². The van der Waals surface area contributed by atoms with E-state index in [-0.39, 0.29) is 18.5 Å². The number of rotatable bonds is 3. The minimum absolute atomic E-state index is 0.0497. The molecule has 0 spiro atoms. The second kappa shape index (κ2) is 4.94. The van der Waals surface area contributed by atoms with Crippen molar-refractivity contribution in [1.82, 2.24) is 0 Å². The second-order valence-corrected chi connectivity index (χ2v) is 3.66. The van der Waals surface area contributed by atoms with Gasteiger partial charge in [-0.2, -0.15) is 0 Å². The Morgan fingerprint density at radius 3 is 2.46 bits per heavy atom. The second-order valence-electron chi connectivity index (χ2n) is 3.66. The van der Waals surface area contributed by atoms with Crippen molar-refractivity contribution in [3.63, 3.8) is 0 Å². The Morgan fingerprint density at radius 2 is 2.00 bits per heavy atom. The lowest BCUT2D eigenvalue weighted by molar-refractivity contribution is -0.232. The molecule has 4 atom stereocenters. The first-order valence-electron chi connectivity index (χ1n) is 4.94. The van der Waals surface area contributed by atoms with Gasteiger partial charge >= 0.3 is 0 Å². The first-order chi connectivity index (χ1) is 6.22. The Labute approximate surface area is 80.4 Å².